The molecule has 128 valence electrons. The minimum Gasteiger partial charge on any atom is -0.380 e. The number of likely N-dealkylation sites (N-methyl/N-ethyl adjacent to an activating group) is 1. The topological polar surface area (TPSA) is 61.0 Å². The Hall–Kier alpha value is -2.58. The van der Waals surface area contributed by atoms with Gasteiger partial charge in [-0.05, 0) is 12.1 Å². The Labute approximate surface area is 134 Å². The number of fused-ring (bicyclic) bond motifs is 1. The van der Waals surface area contributed by atoms with Crippen LogP contribution in [0.2, 0.25) is 0 Å². The summed E-state index contributed by atoms with van der Waals surface area (Å²) in [5, 5.41) is 3.34. The number of aromatic amines is 1. The third kappa shape index (κ3) is 3.06. The molecule has 0 saturated heterocycles. The maximum absolute atomic E-state index is 14.2. The maximum atomic E-state index is 14.2. The summed E-state index contributed by atoms with van der Waals surface area (Å²) in [6.45, 7) is -1.12. The van der Waals surface area contributed by atoms with E-state index in [0.29, 0.717) is 21.5 Å². The van der Waals surface area contributed by atoms with E-state index in [2.05, 4.69) is 15.3 Å². The zero-order valence-corrected chi connectivity index (χ0v) is 12.6. The summed E-state index contributed by atoms with van der Waals surface area (Å²) in [5.41, 5.74) is 0.899. The van der Waals surface area contributed by atoms with Crippen molar-refractivity contribution in [2.75, 3.05) is 20.1 Å². The van der Waals surface area contributed by atoms with E-state index >= 15 is 0 Å². The average Bonchev–Trinajstić information content (AvgIpc) is 3.13. The van der Waals surface area contributed by atoms with Crippen LogP contribution in [0.3, 0.4) is 0 Å². The second-order valence-electron chi connectivity index (χ2n) is 5.60. The molecule has 0 spiro atoms. The number of nitrogens with zero attached hydrogens (tertiary/aromatic N) is 2. The van der Waals surface area contributed by atoms with Gasteiger partial charge in [0.2, 0.25) is 0 Å². The van der Waals surface area contributed by atoms with Gasteiger partial charge in [-0.2, -0.15) is 13.2 Å². The molecule has 24 heavy (non-hydrogen) atoms. The highest BCUT2D eigenvalue weighted by Crippen LogP contribution is 2.31. The molecule has 1 aliphatic heterocycles. The number of alkyl halides is 3. The highest BCUT2D eigenvalue weighted by molar-refractivity contribution is 5.93. The monoisotopic (exact) mass is 342 g/mol. The van der Waals surface area contributed by atoms with Gasteiger partial charge in [-0.1, -0.05) is 0 Å². The maximum Gasteiger partial charge on any atom is 0.406 e. The molecule has 0 fully saturated rings. The van der Waals surface area contributed by atoms with Gasteiger partial charge in [0.1, 0.15) is 18.0 Å². The quantitative estimate of drug-likeness (QED) is 0.842. The van der Waals surface area contributed by atoms with Gasteiger partial charge >= 0.3 is 6.18 Å². The molecule has 1 aliphatic rings. The zero-order chi connectivity index (χ0) is 17.5. The number of hydrogen-bond acceptors (Lipinski definition) is 3. The number of rotatable bonds is 3. The molecule has 1 unspecified atom stereocenters. The molecular weight excluding hydrogens is 328 g/mol. The lowest BCUT2D eigenvalue weighted by molar-refractivity contribution is -0.156. The number of hydrogen-bond donors (Lipinski definition) is 2. The fourth-order valence-corrected chi connectivity index (χ4v) is 2.80. The predicted molar refractivity (Wildman–Crippen MR) is 78.6 cm³/mol. The number of halogens is 4. The minimum absolute atomic E-state index is 0.0339. The summed E-state index contributed by atoms with van der Waals surface area (Å²) in [5.74, 6) is -1.78. The van der Waals surface area contributed by atoms with Crippen molar-refractivity contribution in [2.24, 2.45) is 0 Å². The van der Waals surface area contributed by atoms with E-state index in [0.717, 1.165) is 13.2 Å². The highest BCUT2D eigenvalue weighted by atomic mass is 19.4. The Morgan fingerprint density at radius 2 is 2.21 bits per heavy atom. The van der Waals surface area contributed by atoms with Crippen LogP contribution in [0.5, 0.6) is 0 Å². The summed E-state index contributed by atoms with van der Waals surface area (Å²) in [6, 6.07) is 1.67. The lowest BCUT2D eigenvalue weighted by atomic mass is 9.98. The number of H-pyrrole nitrogens is 1. The van der Waals surface area contributed by atoms with Gasteiger partial charge in [0.25, 0.3) is 5.91 Å². The molecule has 0 saturated carbocycles. The van der Waals surface area contributed by atoms with Crippen LogP contribution in [-0.2, 0) is 4.79 Å². The van der Waals surface area contributed by atoms with Crippen molar-refractivity contribution < 1.29 is 22.4 Å². The van der Waals surface area contributed by atoms with Crippen LogP contribution in [0.1, 0.15) is 11.5 Å². The van der Waals surface area contributed by atoms with Crippen LogP contribution in [0.4, 0.5) is 17.6 Å². The molecule has 0 bridgehead atoms. The van der Waals surface area contributed by atoms with E-state index < -0.39 is 30.4 Å². The first-order chi connectivity index (χ1) is 11.3. The first-order valence-electron chi connectivity index (χ1n) is 7.15. The van der Waals surface area contributed by atoms with Gasteiger partial charge in [-0.15, -0.1) is 0 Å². The van der Waals surface area contributed by atoms with E-state index in [1.807, 2.05) is 0 Å². The first kappa shape index (κ1) is 16.3. The van der Waals surface area contributed by atoms with Gasteiger partial charge < -0.3 is 15.2 Å². The Bertz CT molecular complexity index is 811. The third-order valence-electron chi connectivity index (χ3n) is 3.82. The Kier molecular flexibility index (Phi) is 3.94. The molecule has 9 heteroatoms. The Balaban J connectivity index is 1.86. The Morgan fingerprint density at radius 3 is 2.92 bits per heavy atom. The van der Waals surface area contributed by atoms with Crippen LogP contribution in [0.25, 0.3) is 11.0 Å². The van der Waals surface area contributed by atoms with Crippen molar-refractivity contribution in [3.63, 3.8) is 0 Å². The van der Waals surface area contributed by atoms with Crippen molar-refractivity contribution in [1.29, 1.82) is 0 Å². The van der Waals surface area contributed by atoms with E-state index in [-0.39, 0.29) is 12.2 Å². The van der Waals surface area contributed by atoms with Gasteiger partial charge in [-0.25, -0.2) is 9.37 Å². The van der Waals surface area contributed by atoms with Gasteiger partial charge in [-0.3, -0.25) is 4.79 Å². The van der Waals surface area contributed by atoms with Crippen LogP contribution < -0.4 is 5.32 Å². The number of aromatic nitrogens is 2. The molecule has 2 N–H and O–H groups in total. The molecule has 3 rings (SSSR count). The minimum atomic E-state index is -4.47. The molecule has 1 amide bonds. The SMILES string of the molecule is CN(CC(F)(F)F)C(=O)C1=CC(c2c(F)cnc3[nH]ccc23)CN1. The lowest BCUT2D eigenvalue weighted by Gasteiger charge is -2.19. The summed E-state index contributed by atoms with van der Waals surface area (Å²) in [4.78, 5) is 19.5. The normalized spacial score (nSPS) is 17.7. The highest BCUT2D eigenvalue weighted by Gasteiger charge is 2.33. The van der Waals surface area contributed by atoms with Crippen molar-refractivity contribution in [2.45, 2.75) is 12.1 Å². The number of carbonyl (C=O) groups excluding carboxylic acids is 1. The van der Waals surface area contributed by atoms with E-state index in [4.69, 9.17) is 0 Å². The molecule has 2 aromatic heterocycles. The summed E-state index contributed by atoms with van der Waals surface area (Å²) >= 11 is 0. The van der Waals surface area contributed by atoms with Gasteiger partial charge in [0.15, 0.2) is 0 Å². The van der Waals surface area contributed by atoms with Gasteiger partial charge in [0, 0.05) is 36.7 Å². The van der Waals surface area contributed by atoms with E-state index in [1.165, 1.54) is 6.08 Å². The number of nitrogens with one attached hydrogen (secondary N) is 2. The number of amides is 1. The second-order valence-corrected chi connectivity index (χ2v) is 5.60. The molecule has 1 atom stereocenters. The zero-order valence-electron chi connectivity index (χ0n) is 12.6. The van der Waals surface area contributed by atoms with Crippen molar-refractivity contribution in [3.8, 4) is 0 Å². The van der Waals surface area contributed by atoms with Crippen molar-refractivity contribution >= 4 is 16.9 Å². The molecular formula is C15H14F4N4O. The number of pyridine rings is 1. The fourth-order valence-electron chi connectivity index (χ4n) is 2.80. The smallest absolute Gasteiger partial charge is 0.380 e. The predicted octanol–water partition coefficient (Wildman–Crippen LogP) is 2.29. The molecule has 0 aliphatic carbocycles. The lowest BCUT2D eigenvalue weighted by Crippen LogP contribution is -2.38. The van der Waals surface area contributed by atoms with Crippen LogP contribution in [0.15, 0.2) is 30.2 Å². The summed E-state index contributed by atoms with van der Waals surface area (Å²) in [7, 11) is 1.07. The fraction of sp³-hybridized carbons (Fsp3) is 0.333. The Morgan fingerprint density at radius 1 is 1.46 bits per heavy atom. The average molecular weight is 342 g/mol. The van der Waals surface area contributed by atoms with Crippen LogP contribution in [-0.4, -0.2) is 47.1 Å². The van der Waals surface area contributed by atoms with Crippen LogP contribution >= 0.6 is 0 Å². The van der Waals surface area contributed by atoms with Crippen LogP contribution in [0, 0.1) is 5.82 Å². The van der Waals surface area contributed by atoms with Crippen molar-refractivity contribution in [1.82, 2.24) is 20.2 Å². The summed E-state index contributed by atoms with van der Waals surface area (Å²) in [6.07, 6.45) is -0.314. The first-order valence-corrected chi connectivity index (χ1v) is 7.15. The molecule has 5 nitrogen and oxygen atoms in total. The number of carbonyl (C=O) groups is 1. The second kappa shape index (κ2) is 5.81. The van der Waals surface area contributed by atoms with E-state index in [1.54, 1.807) is 12.3 Å². The van der Waals surface area contributed by atoms with Crippen molar-refractivity contribution in [3.05, 3.63) is 41.6 Å². The van der Waals surface area contributed by atoms with E-state index in [9.17, 15) is 22.4 Å². The van der Waals surface area contributed by atoms with Gasteiger partial charge in [0.05, 0.1) is 11.9 Å². The molecule has 0 radical (unpaired) electrons. The molecule has 3 heterocycles. The molecule has 2 aromatic rings. The molecule has 0 aromatic carbocycles. The largest absolute Gasteiger partial charge is 0.406 e. The third-order valence-corrected chi connectivity index (χ3v) is 3.82. The summed E-state index contributed by atoms with van der Waals surface area (Å²) < 4.78 is 51.4. The standard InChI is InChI=1S/C15H14F4N4O/c1-23(7-15(17,18)19)14(24)11-4-8(5-21-11)12-9-2-3-20-13(9)22-6-10(12)16/h2-4,6,8,21H,5,7H2,1H3,(H,20,22).